The first-order chi connectivity index (χ1) is 14.2. The molecule has 1 aliphatic rings. The van der Waals surface area contributed by atoms with E-state index in [-0.39, 0.29) is 19.3 Å². The average Bonchev–Trinajstić information content (AvgIpc) is 3.31. The molecular formula is C21H19N3O5. The highest BCUT2D eigenvalue weighted by atomic mass is 16.6. The van der Waals surface area contributed by atoms with Crippen molar-refractivity contribution in [2.75, 3.05) is 19.8 Å². The molecule has 3 aromatic rings. The van der Waals surface area contributed by atoms with Gasteiger partial charge in [-0.1, -0.05) is 12.1 Å². The van der Waals surface area contributed by atoms with Crippen molar-refractivity contribution in [3.8, 4) is 17.2 Å². The highest BCUT2D eigenvalue weighted by Gasteiger charge is 2.21. The zero-order valence-corrected chi connectivity index (χ0v) is 15.5. The SMILES string of the molecule is O=C(COC(=O)c1ccc(-n2cccn2)cc1)NCC1COc2ccccc2O1. The predicted molar refractivity (Wildman–Crippen MR) is 103 cm³/mol. The third-order valence-electron chi connectivity index (χ3n) is 4.30. The van der Waals surface area contributed by atoms with Crippen LogP contribution < -0.4 is 14.8 Å². The monoisotopic (exact) mass is 393 g/mol. The Morgan fingerprint density at radius 1 is 1.10 bits per heavy atom. The van der Waals surface area contributed by atoms with Gasteiger partial charge in [-0.25, -0.2) is 9.48 Å². The van der Waals surface area contributed by atoms with Gasteiger partial charge in [-0.15, -0.1) is 0 Å². The van der Waals surface area contributed by atoms with E-state index >= 15 is 0 Å². The van der Waals surface area contributed by atoms with Gasteiger partial charge in [0.2, 0.25) is 0 Å². The van der Waals surface area contributed by atoms with Crippen molar-refractivity contribution in [2.45, 2.75) is 6.10 Å². The Balaban J connectivity index is 1.22. The summed E-state index contributed by atoms with van der Waals surface area (Å²) in [5.41, 5.74) is 1.18. The van der Waals surface area contributed by atoms with E-state index in [2.05, 4.69) is 10.4 Å². The van der Waals surface area contributed by atoms with Crippen LogP contribution in [0.15, 0.2) is 67.0 Å². The molecule has 1 amide bonds. The van der Waals surface area contributed by atoms with E-state index in [4.69, 9.17) is 14.2 Å². The second-order valence-corrected chi connectivity index (χ2v) is 6.38. The fourth-order valence-corrected chi connectivity index (χ4v) is 2.83. The van der Waals surface area contributed by atoms with Gasteiger partial charge in [0.05, 0.1) is 17.8 Å². The summed E-state index contributed by atoms with van der Waals surface area (Å²) in [5, 5.41) is 6.81. The van der Waals surface area contributed by atoms with Crippen LogP contribution in [0, 0.1) is 0 Å². The van der Waals surface area contributed by atoms with Gasteiger partial charge in [0.25, 0.3) is 5.91 Å². The molecule has 29 heavy (non-hydrogen) atoms. The molecule has 2 heterocycles. The van der Waals surface area contributed by atoms with Crippen molar-refractivity contribution in [1.29, 1.82) is 0 Å². The summed E-state index contributed by atoms with van der Waals surface area (Å²) < 4.78 is 18.1. The van der Waals surface area contributed by atoms with Gasteiger partial charge >= 0.3 is 5.97 Å². The molecule has 0 bridgehead atoms. The highest BCUT2D eigenvalue weighted by molar-refractivity contribution is 5.91. The molecule has 0 radical (unpaired) electrons. The number of para-hydroxylation sites is 2. The first-order valence-electron chi connectivity index (χ1n) is 9.11. The molecule has 1 aliphatic heterocycles. The lowest BCUT2D eigenvalue weighted by Gasteiger charge is -2.26. The number of nitrogens with one attached hydrogen (secondary N) is 1. The maximum atomic E-state index is 12.1. The van der Waals surface area contributed by atoms with Crippen LogP contribution in [0.2, 0.25) is 0 Å². The van der Waals surface area contributed by atoms with Crippen LogP contribution in [0.25, 0.3) is 5.69 Å². The minimum Gasteiger partial charge on any atom is -0.486 e. The van der Waals surface area contributed by atoms with Crippen LogP contribution >= 0.6 is 0 Å². The van der Waals surface area contributed by atoms with Crippen LogP contribution in [0.1, 0.15) is 10.4 Å². The van der Waals surface area contributed by atoms with Crippen molar-refractivity contribution in [3.05, 3.63) is 72.6 Å². The van der Waals surface area contributed by atoms with Gasteiger partial charge in [-0.3, -0.25) is 4.79 Å². The second kappa shape index (κ2) is 8.47. The Labute approximate surface area is 167 Å². The number of carbonyl (C=O) groups is 2. The number of fused-ring (bicyclic) bond motifs is 1. The molecule has 0 saturated heterocycles. The second-order valence-electron chi connectivity index (χ2n) is 6.38. The van der Waals surface area contributed by atoms with E-state index in [9.17, 15) is 9.59 Å². The largest absolute Gasteiger partial charge is 0.486 e. The van der Waals surface area contributed by atoms with Gasteiger partial charge in [0.1, 0.15) is 12.7 Å². The molecular weight excluding hydrogens is 374 g/mol. The molecule has 0 aliphatic carbocycles. The fraction of sp³-hybridized carbons (Fsp3) is 0.190. The first kappa shape index (κ1) is 18.5. The molecule has 0 saturated carbocycles. The molecule has 1 N–H and O–H groups in total. The predicted octanol–water partition coefficient (Wildman–Crippen LogP) is 1.99. The molecule has 148 valence electrons. The molecule has 1 unspecified atom stereocenters. The third-order valence-corrected chi connectivity index (χ3v) is 4.30. The molecule has 4 rings (SSSR count). The Morgan fingerprint density at radius 2 is 1.90 bits per heavy atom. The quantitative estimate of drug-likeness (QED) is 0.644. The smallest absolute Gasteiger partial charge is 0.338 e. The van der Waals surface area contributed by atoms with Crippen LogP contribution in [0.5, 0.6) is 11.5 Å². The number of nitrogens with zero attached hydrogens (tertiary/aromatic N) is 2. The molecule has 8 heteroatoms. The standard InChI is InChI=1S/C21H19N3O5/c25-20(22-12-17-13-27-18-4-1-2-5-19(18)29-17)14-28-21(26)15-6-8-16(9-7-15)24-11-3-10-23-24/h1-11,17H,12-14H2,(H,22,25). The van der Waals surface area contributed by atoms with Crippen molar-refractivity contribution in [3.63, 3.8) is 0 Å². The van der Waals surface area contributed by atoms with Gasteiger partial charge in [-0.05, 0) is 42.5 Å². The number of benzene rings is 2. The van der Waals surface area contributed by atoms with Crippen LogP contribution in [0.3, 0.4) is 0 Å². The van der Waals surface area contributed by atoms with Crippen molar-refractivity contribution < 1.29 is 23.8 Å². The van der Waals surface area contributed by atoms with Crippen LogP contribution in [-0.2, 0) is 9.53 Å². The summed E-state index contributed by atoms with van der Waals surface area (Å²) >= 11 is 0. The van der Waals surface area contributed by atoms with Crippen molar-refractivity contribution in [1.82, 2.24) is 15.1 Å². The molecule has 2 aromatic carbocycles. The maximum Gasteiger partial charge on any atom is 0.338 e. The Morgan fingerprint density at radius 3 is 2.66 bits per heavy atom. The Bertz CT molecular complexity index is 986. The zero-order chi connectivity index (χ0) is 20.1. The number of rotatable bonds is 6. The summed E-state index contributed by atoms with van der Waals surface area (Å²) in [5.74, 6) is 0.345. The summed E-state index contributed by atoms with van der Waals surface area (Å²) in [7, 11) is 0. The number of aromatic nitrogens is 2. The highest BCUT2D eigenvalue weighted by Crippen LogP contribution is 2.30. The van der Waals surface area contributed by atoms with E-state index < -0.39 is 11.9 Å². The van der Waals surface area contributed by atoms with Crippen molar-refractivity contribution in [2.24, 2.45) is 0 Å². The number of esters is 1. The van der Waals surface area contributed by atoms with Gasteiger partial charge in [-0.2, -0.15) is 5.10 Å². The third kappa shape index (κ3) is 4.55. The number of carbonyl (C=O) groups excluding carboxylic acids is 2. The molecule has 0 fully saturated rings. The van der Waals surface area contributed by atoms with Gasteiger partial charge < -0.3 is 19.5 Å². The lowest BCUT2D eigenvalue weighted by atomic mass is 10.2. The molecule has 0 spiro atoms. The number of ether oxygens (including phenoxy) is 3. The summed E-state index contributed by atoms with van der Waals surface area (Å²) in [6.07, 6.45) is 3.17. The van der Waals surface area contributed by atoms with E-state index in [1.807, 2.05) is 30.3 Å². The maximum absolute atomic E-state index is 12.1. The molecule has 8 nitrogen and oxygen atoms in total. The Hall–Kier alpha value is -3.81. The lowest BCUT2D eigenvalue weighted by Crippen LogP contribution is -2.42. The minimum atomic E-state index is -0.571. The number of hydrogen-bond donors (Lipinski definition) is 1. The van der Waals surface area contributed by atoms with E-state index in [1.165, 1.54) is 0 Å². The van der Waals surface area contributed by atoms with Gasteiger partial charge in [0, 0.05) is 12.4 Å². The number of hydrogen-bond acceptors (Lipinski definition) is 6. The molecule has 1 aromatic heterocycles. The zero-order valence-electron chi connectivity index (χ0n) is 15.5. The van der Waals surface area contributed by atoms with Crippen molar-refractivity contribution >= 4 is 11.9 Å². The summed E-state index contributed by atoms with van der Waals surface area (Å²) in [6, 6.07) is 15.9. The van der Waals surface area contributed by atoms with E-state index in [0.29, 0.717) is 23.7 Å². The van der Waals surface area contributed by atoms with E-state index in [1.54, 1.807) is 41.3 Å². The number of amides is 1. The first-order valence-corrected chi connectivity index (χ1v) is 9.11. The van der Waals surface area contributed by atoms with Crippen LogP contribution in [0.4, 0.5) is 0 Å². The fourth-order valence-electron chi connectivity index (χ4n) is 2.83. The summed E-state index contributed by atoms with van der Waals surface area (Å²) in [6.45, 7) is 0.215. The topological polar surface area (TPSA) is 91.7 Å². The Kier molecular flexibility index (Phi) is 5.42. The normalized spacial score (nSPS) is 14.8. The lowest BCUT2D eigenvalue weighted by molar-refractivity contribution is -0.124. The van der Waals surface area contributed by atoms with Crippen LogP contribution in [-0.4, -0.2) is 47.5 Å². The minimum absolute atomic E-state index is 0.253. The van der Waals surface area contributed by atoms with E-state index in [0.717, 1.165) is 5.69 Å². The summed E-state index contributed by atoms with van der Waals surface area (Å²) in [4.78, 5) is 24.1. The van der Waals surface area contributed by atoms with Gasteiger partial charge in [0.15, 0.2) is 18.1 Å². The molecule has 1 atom stereocenters. The average molecular weight is 393 g/mol.